The highest BCUT2D eigenvalue weighted by Gasteiger charge is 2.35. The molecule has 0 aliphatic carbocycles. The first kappa shape index (κ1) is 24.4. The molecule has 1 rings (SSSR count). The maximum absolute atomic E-state index is 12.8. The van der Waals surface area contributed by atoms with E-state index >= 15 is 0 Å². The van der Waals surface area contributed by atoms with Gasteiger partial charge in [0.2, 0.25) is 5.91 Å². The normalized spacial score (nSPS) is 13.0. The number of hydrogen-bond acceptors (Lipinski definition) is 5. The summed E-state index contributed by atoms with van der Waals surface area (Å²) in [6.07, 6.45) is 7.37. The van der Waals surface area contributed by atoms with Crippen molar-refractivity contribution in [2.24, 2.45) is 5.92 Å². The molecule has 0 aliphatic heterocycles. The number of rotatable bonds is 9. The van der Waals surface area contributed by atoms with E-state index in [0.717, 1.165) is 10.0 Å². The summed E-state index contributed by atoms with van der Waals surface area (Å²) in [7, 11) is 2.53. The van der Waals surface area contributed by atoms with Gasteiger partial charge in [-0.2, -0.15) is 0 Å². The third-order valence-electron chi connectivity index (χ3n) is 4.53. The van der Waals surface area contributed by atoms with Crippen LogP contribution in [0.2, 0.25) is 0 Å². The van der Waals surface area contributed by atoms with Crippen LogP contribution >= 0.6 is 15.9 Å². The van der Waals surface area contributed by atoms with Crippen LogP contribution < -0.4 is 0 Å². The topological polar surface area (TPSA) is 72.9 Å². The molecule has 6 nitrogen and oxygen atoms in total. The monoisotopic (exact) mass is 463 g/mol. The number of esters is 2. The summed E-state index contributed by atoms with van der Waals surface area (Å²) in [4.78, 5) is 38.9. The van der Waals surface area contributed by atoms with Crippen LogP contribution in [0.15, 0.2) is 34.3 Å². The summed E-state index contributed by atoms with van der Waals surface area (Å²) in [6.45, 7) is 3.62. The lowest BCUT2D eigenvalue weighted by molar-refractivity contribution is -0.155. The van der Waals surface area contributed by atoms with Crippen molar-refractivity contribution in [1.29, 1.82) is 0 Å². The standard InChI is InChI=1S/C22H26BrNO5/c1-6-8-19(25)24(20(15(3)7-2)22(27)29-5)14-17(21(26)28-4)13-16-9-11-18(23)12-10-16/h1,9-13,15,20H,7-8,14H2,2-5H3/b17-13+. The summed E-state index contributed by atoms with van der Waals surface area (Å²) in [5, 5.41) is 0. The van der Waals surface area contributed by atoms with Crippen molar-refractivity contribution in [2.45, 2.75) is 32.7 Å². The second-order valence-corrected chi connectivity index (χ2v) is 7.38. The van der Waals surface area contributed by atoms with Gasteiger partial charge in [0.25, 0.3) is 0 Å². The van der Waals surface area contributed by atoms with Gasteiger partial charge in [0.05, 0.1) is 32.8 Å². The molecule has 0 aromatic heterocycles. The minimum absolute atomic E-state index is 0.132. The highest BCUT2D eigenvalue weighted by atomic mass is 79.9. The van der Waals surface area contributed by atoms with Crippen molar-refractivity contribution in [2.75, 3.05) is 20.8 Å². The Kier molecular flexibility index (Phi) is 10.2. The summed E-state index contributed by atoms with van der Waals surface area (Å²) >= 11 is 3.36. The fraction of sp³-hybridized carbons (Fsp3) is 0.409. The molecule has 0 bridgehead atoms. The molecule has 0 spiro atoms. The first-order chi connectivity index (χ1) is 13.8. The van der Waals surface area contributed by atoms with E-state index in [1.807, 2.05) is 38.1 Å². The number of halogens is 1. The molecular weight excluding hydrogens is 438 g/mol. The Labute approximate surface area is 180 Å². The number of benzene rings is 1. The Bertz CT molecular complexity index is 794. The number of ether oxygens (including phenoxy) is 2. The Morgan fingerprint density at radius 2 is 1.83 bits per heavy atom. The summed E-state index contributed by atoms with van der Waals surface area (Å²) in [5.74, 6) is 0.514. The van der Waals surface area contributed by atoms with E-state index in [4.69, 9.17) is 15.9 Å². The van der Waals surface area contributed by atoms with Gasteiger partial charge in [-0.05, 0) is 29.7 Å². The largest absolute Gasteiger partial charge is 0.467 e. The van der Waals surface area contributed by atoms with Crippen molar-refractivity contribution < 1.29 is 23.9 Å². The summed E-state index contributed by atoms with van der Waals surface area (Å²) in [5.41, 5.74) is 0.966. The zero-order chi connectivity index (χ0) is 22.0. The number of methoxy groups -OCH3 is 2. The number of carbonyl (C=O) groups excluding carboxylic acids is 3. The van der Waals surface area contributed by atoms with Gasteiger partial charge in [0, 0.05) is 4.47 Å². The van der Waals surface area contributed by atoms with Crippen molar-refractivity contribution in [1.82, 2.24) is 4.90 Å². The maximum Gasteiger partial charge on any atom is 0.335 e. The van der Waals surface area contributed by atoms with Gasteiger partial charge in [-0.15, -0.1) is 6.42 Å². The molecule has 1 amide bonds. The van der Waals surface area contributed by atoms with Crippen molar-refractivity contribution >= 4 is 39.9 Å². The van der Waals surface area contributed by atoms with Crippen LogP contribution in [0.3, 0.4) is 0 Å². The SMILES string of the molecule is C#CCC(=O)N(C/C(=C\c1ccc(Br)cc1)C(=O)OC)C(C(=O)OC)C(C)CC. The Balaban J connectivity index is 3.42. The van der Waals surface area contributed by atoms with Crippen LogP contribution in [-0.2, 0) is 23.9 Å². The number of terminal acetylenes is 1. The minimum Gasteiger partial charge on any atom is -0.467 e. The zero-order valence-corrected chi connectivity index (χ0v) is 18.7. The van der Waals surface area contributed by atoms with Gasteiger partial charge in [-0.3, -0.25) is 4.79 Å². The van der Waals surface area contributed by atoms with Gasteiger partial charge < -0.3 is 14.4 Å². The van der Waals surface area contributed by atoms with Gasteiger partial charge >= 0.3 is 11.9 Å². The third-order valence-corrected chi connectivity index (χ3v) is 5.06. The van der Waals surface area contributed by atoms with Gasteiger partial charge in [-0.1, -0.05) is 54.3 Å². The lowest BCUT2D eigenvalue weighted by atomic mass is 9.96. The molecule has 1 aromatic carbocycles. The van der Waals surface area contributed by atoms with Gasteiger partial charge in [0.1, 0.15) is 6.04 Å². The van der Waals surface area contributed by atoms with Gasteiger partial charge in [-0.25, -0.2) is 9.59 Å². The fourth-order valence-electron chi connectivity index (χ4n) is 2.79. The predicted octanol–water partition coefficient (Wildman–Crippen LogP) is 3.45. The highest BCUT2D eigenvalue weighted by Crippen LogP contribution is 2.21. The quantitative estimate of drug-likeness (QED) is 0.318. The Morgan fingerprint density at radius 3 is 2.31 bits per heavy atom. The van der Waals surface area contributed by atoms with Crippen LogP contribution in [0.4, 0.5) is 0 Å². The molecule has 7 heteroatoms. The van der Waals surface area contributed by atoms with E-state index in [9.17, 15) is 14.4 Å². The van der Waals surface area contributed by atoms with E-state index < -0.39 is 23.9 Å². The van der Waals surface area contributed by atoms with Gasteiger partial charge in [0.15, 0.2) is 0 Å². The van der Waals surface area contributed by atoms with Crippen LogP contribution in [0.25, 0.3) is 6.08 Å². The molecule has 1 aromatic rings. The summed E-state index contributed by atoms with van der Waals surface area (Å²) < 4.78 is 10.7. The van der Waals surface area contributed by atoms with E-state index in [1.165, 1.54) is 19.1 Å². The lowest BCUT2D eigenvalue weighted by Crippen LogP contribution is -2.50. The molecule has 0 fully saturated rings. The van der Waals surface area contributed by atoms with Crippen molar-refractivity contribution in [3.05, 3.63) is 39.9 Å². The molecule has 0 heterocycles. The van der Waals surface area contributed by atoms with Crippen LogP contribution in [0, 0.1) is 18.3 Å². The predicted molar refractivity (Wildman–Crippen MR) is 115 cm³/mol. The molecule has 0 saturated heterocycles. The van der Waals surface area contributed by atoms with Crippen molar-refractivity contribution in [3.63, 3.8) is 0 Å². The third kappa shape index (κ3) is 7.06. The number of carbonyl (C=O) groups is 3. The van der Waals surface area contributed by atoms with Crippen LogP contribution in [0.5, 0.6) is 0 Å². The summed E-state index contributed by atoms with van der Waals surface area (Å²) in [6, 6.07) is 6.42. The molecular formula is C22H26BrNO5. The molecule has 0 radical (unpaired) electrons. The lowest BCUT2D eigenvalue weighted by Gasteiger charge is -2.33. The molecule has 0 aliphatic rings. The number of nitrogens with zero attached hydrogens (tertiary/aromatic N) is 1. The first-order valence-corrected chi connectivity index (χ1v) is 9.93. The second kappa shape index (κ2) is 12.1. The number of hydrogen-bond donors (Lipinski definition) is 0. The number of amides is 1. The average Bonchev–Trinajstić information content (AvgIpc) is 2.72. The van der Waals surface area contributed by atoms with Crippen molar-refractivity contribution in [3.8, 4) is 12.3 Å². The van der Waals surface area contributed by atoms with Crippen LogP contribution in [0.1, 0.15) is 32.3 Å². The molecule has 2 unspecified atom stereocenters. The molecule has 0 saturated carbocycles. The zero-order valence-electron chi connectivity index (χ0n) is 17.1. The smallest absolute Gasteiger partial charge is 0.335 e. The minimum atomic E-state index is -0.871. The van der Waals surface area contributed by atoms with E-state index in [-0.39, 0.29) is 24.5 Å². The fourth-order valence-corrected chi connectivity index (χ4v) is 3.05. The van der Waals surface area contributed by atoms with E-state index in [0.29, 0.717) is 6.42 Å². The van der Waals surface area contributed by atoms with E-state index in [2.05, 4.69) is 21.9 Å². The molecule has 2 atom stereocenters. The molecule has 29 heavy (non-hydrogen) atoms. The van der Waals surface area contributed by atoms with E-state index in [1.54, 1.807) is 6.08 Å². The Hall–Kier alpha value is -2.59. The molecule has 0 N–H and O–H groups in total. The van der Waals surface area contributed by atoms with Crippen LogP contribution in [-0.4, -0.2) is 49.6 Å². The first-order valence-electron chi connectivity index (χ1n) is 9.14. The highest BCUT2D eigenvalue weighted by molar-refractivity contribution is 9.10. The Morgan fingerprint density at radius 1 is 1.21 bits per heavy atom. The second-order valence-electron chi connectivity index (χ2n) is 6.47. The maximum atomic E-state index is 12.8. The molecule has 156 valence electrons. The average molecular weight is 464 g/mol.